The van der Waals surface area contributed by atoms with Crippen LogP contribution in [0.25, 0.3) is 0 Å². The zero-order chi connectivity index (χ0) is 12.2. The quantitative estimate of drug-likeness (QED) is 0.441. The first-order valence-corrected chi connectivity index (χ1v) is 6.66. The molecule has 0 amide bonds. The summed E-state index contributed by atoms with van der Waals surface area (Å²) in [4.78, 5) is 10.0. The van der Waals surface area contributed by atoms with Gasteiger partial charge in [0.1, 0.15) is 0 Å². The monoisotopic (exact) mass is 264 g/mol. The molecule has 0 aliphatic carbocycles. The van der Waals surface area contributed by atoms with Crippen LogP contribution in [-0.2, 0) is 23.4 Å². The van der Waals surface area contributed by atoms with Crippen molar-refractivity contribution >= 4 is 18.4 Å². The summed E-state index contributed by atoms with van der Waals surface area (Å²) < 4.78 is 41.5. The first-order valence-electron chi connectivity index (χ1n) is 4.16. The molecular weight excluding hydrogens is 255 g/mol. The first kappa shape index (κ1) is 13.2. The van der Waals surface area contributed by atoms with Gasteiger partial charge in [-0.15, -0.1) is 4.52 Å². The minimum atomic E-state index is -3.98. The van der Waals surface area contributed by atoms with Crippen LogP contribution in [0.4, 0.5) is 0 Å². The Morgan fingerprint density at radius 1 is 1.38 bits per heavy atom. The molecule has 0 radical (unpaired) electrons. The van der Waals surface area contributed by atoms with Gasteiger partial charge in [-0.25, -0.2) is 4.18 Å². The summed E-state index contributed by atoms with van der Waals surface area (Å²) >= 11 is 0. The lowest BCUT2D eigenvalue weighted by Gasteiger charge is -2.05. The van der Waals surface area contributed by atoms with E-state index in [-0.39, 0.29) is 4.90 Å². The highest BCUT2D eigenvalue weighted by molar-refractivity contribution is 7.86. The number of aryl methyl sites for hydroxylation is 1. The molecule has 0 aromatic heterocycles. The number of hydrogen-bond donors (Lipinski definition) is 0. The van der Waals surface area contributed by atoms with E-state index in [9.17, 15) is 17.9 Å². The molecule has 0 aliphatic rings. The van der Waals surface area contributed by atoms with E-state index in [1.807, 2.05) is 0 Å². The maximum absolute atomic E-state index is 11.5. The number of benzene rings is 1. The van der Waals surface area contributed by atoms with Gasteiger partial charge in [0.2, 0.25) is 6.79 Å². The summed E-state index contributed by atoms with van der Waals surface area (Å²) in [5, 5.41) is 0. The summed E-state index contributed by atoms with van der Waals surface area (Å²) in [6.07, 6.45) is 0. The zero-order valence-electron chi connectivity index (χ0n) is 8.32. The first-order chi connectivity index (χ1) is 7.43. The molecule has 1 aromatic carbocycles. The molecule has 0 saturated carbocycles. The van der Waals surface area contributed by atoms with Crippen LogP contribution in [0, 0.1) is 6.92 Å². The Bertz CT molecular complexity index is 483. The molecule has 0 saturated heterocycles. The Morgan fingerprint density at radius 3 is 2.56 bits per heavy atom. The second-order valence-corrected chi connectivity index (χ2v) is 5.10. The molecule has 0 fully saturated rings. The maximum atomic E-state index is 11.5. The Balaban J connectivity index is 2.79. The van der Waals surface area contributed by atoms with Crippen molar-refractivity contribution in [3.63, 3.8) is 0 Å². The lowest BCUT2D eigenvalue weighted by molar-refractivity contribution is -0.189. The highest BCUT2D eigenvalue weighted by atomic mass is 32.2. The van der Waals surface area contributed by atoms with Gasteiger partial charge in [0, 0.05) is 0 Å². The largest absolute Gasteiger partial charge is 0.566 e. The van der Waals surface area contributed by atoms with Crippen molar-refractivity contribution in [1.82, 2.24) is 0 Å². The third kappa shape index (κ3) is 3.62. The average Bonchev–Trinajstić information content (AvgIpc) is 2.17. The van der Waals surface area contributed by atoms with Crippen molar-refractivity contribution in [2.45, 2.75) is 11.8 Å². The van der Waals surface area contributed by atoms with E-state index in [0.717, 1.165) is 0 Å². The van der Waals surface area contributed by atoms with Gasteiger partial charge < -0.3 is 4.89 Å². The number of rotatable bonds is 5. The van der Waals surface area contributed by atoms with Gasteiger partial charge in [-0.2, -0.15) is 8.42 Å². The van der Waals surface area contributed by atoms with Gasteiger partial charge in [0.25, 0.3) is 10.1 Å². The maximum Gasteiger partial charge on any atom is 0.490 e. The fourth-order valence-corrected chi connectivity index (χ4v) is 2.25. The van der Waals surface area contributed by atoms with E-state index in [2.05, 4.69) is 8.71 Å². The Morgan fingerprint density at radius 2 is 2.00 bits per heavy atom. The standard InChI is InChI=1S/C8H9O6PS/c1-7-4-2-3-5-8(7)16(11,12)14-6-13-15(9)10/h2-5H,6H2,1H3. The highest BCUT2D eigenvalue weighted by Crippen LogP contribution is 2.18. The third-order valence-electron chi connectivity index (χ3n) is 1.72. The van der Waals surface area contributed by atoms with Gasteiger partial charge in [-0.05, 0) is 23.1 Å². The van der Waals surface area contributed by atoms with Crippen LogP contribution >= 0.6 is 8.25 Å². The molecule has 0 bridgehead atoms. The van der Waals surface area contributed by atoms with Crippen LogP contribution in [0.15, 0.2) is 29.2 Å². The lowest BCUT2D eigenvalue weighted by Crippen LogP contribution is -2.10. The van der Waals surface area contributed by atoms with Gasteiger partial charge >= 0.3 is 8.25 Å². The zero-order valence-corrected chi connectivity index (χ0v) is 10.0. The molecule has 1 unspecified atom stereocenters. The topological polar surface area (TPSA) is 92.7 Å². The number of hydrogen-bond acceptors (Lipinski definition) is 6. The van der Waals surface area contributed by atoms with Crippen molar-refractivity contribution in [3.05, 3.63) is 29.8 Å². The fraction of sp³-hybridized carbons (Fsp3) is 0.250. The van der Waals surface area contributed by atoms with Crippen molar-refractivity contribution < 1.29 is 26.6 Å². The third-order valence-corrected chi connectivity index (χ3v) is 3.44. The van der Waals surface area contributed by atoms with Crippen molar-refractivity contribution in [2.75, 3.05) is 6.79 Å². The molecular formula is C8H9O6PS. The molecule has 88 valence electrons. The Labute approximate surface area is 93.9 Å². The predicted octanol–water partition coefficient (Wildman–Crippen LogP) is 0.692. The van der Waals surface area contributed by atoms with Crippen molar-refractivity contribution in [1.29, 1.82) is 0 Å². The molecule has 0 heterocycles. The molecule has 0 spiro atoms. The van der Waals surface area contributed by atoms with Crippen LogP contribution in [0.1, 0.15) is 5.56 Å². The molecule has 1 aromatic rings. The van der Waals surface area contributed by atoms with Crippen molar-refractivity contribution in [2.24, 2.45) is 0 Å². The van der Waals surface area contributed by atoms with Gasteiger partial charge in [-0.1, -0.05) is 18.2 Å². The Kier molecular flexibility index (Phi) is 4.52. The lowest BCUT2D eigenvalue weighted by atomic mass is 10.2. The molecule has 8 heteroatoms. The second-order valence-electron chi connectivity index (χ2n) is 2.81. The van der Waals surface area contributed by atoms with E-state index in [0.29, 0.717) is 5.56 Å². The smallest absolute Gasteiger partial charge is 0.490 e. The predicted molar refractivity (Wildman–Crippen MR) is 53.0 cm³/mol. The fourth-order valence-electron chi connectivity index (χ4n) is 1.03. The molecule has 16 heavy (non-hydrogen) atoms. The van der Waals surface area contributed by atoms with Gasteiger partial charge in [-0.3, -0.25) is 0 Å². The summed E-state index contributed by atoms with van der Waals surface area (Å²) in [5.41, 5.74) is 0.508. The summed E-state index contributed by atoms with van der Waals surface area (Å²) in [6, 6.07) is 6.19. The summed E-state index contributed by atoms with van der Waals surface area (Å²) in [7, 11) is -7.10. The van der Waals surface area contributed by atoms with Crippen LogP contribution in [0.5, 0.6) is 0 Å². The second kappa shape index (κ2) is 5.47. The molecule has 0 aliphatic heterocycles. The molecule has 1 rings (SSSR count). The van der Waals surface area contributed by atoms with E-state index in [1.165, 1.54) is 12.1 Å². The van der Waals surface area contributed by atoms with Crippen LogP contribution < -0.4 is 4.89 Å². The highest BCUT2D eigenvalue weighted by Gasteiger charge is 2.18. The van der Waals surface area contributed by atoms with Crippen LogP contribution in [0.3, 0.4) is 0 Å². The summed E-state index contributed by atoms with van der Waals surface area (Å²) in [6.45, 7) is 0.751. The van der Waals surface area contributed by atoms with E-state index in [4.69, 9.17) is 0 Å². The SMILES string of the molecule is Cc1ccccc1S(=O)(=O)OCO[P+](=O)[O-]. The van der Waals surface area contributed by atoms with E-state index >= 15 is 0 Å². The summed E-state index contributed by atoms with van der Waals surface area (Å²) in [5.74, 6) is 0. The van der Waals surface area contributed by atoms with Crippen LogP contribution in [-0.4, -0.2) is 15.2 Å². The normalized spacial score (nSPS) is 12.5. The minimum Gasteiger partial charge on any atom is -0.566 e. The van der Waals surface area contributed by atoms with Gasteiger partial charge in [0.15, 0.2) is 0 Å². The van der Waals surface area contributed by atoms with E-state index in [1.54, 1.807) is 19.1 Å². The Hall–Kier alpha value is -0.850. The molecule has 1 atom stereocenters. The molecule has 0 N–H and O–H groups in total. The van der Waals surface area contributed by atoms with E-state index < -0.39 is 25.2 Å². The molecule has 6 nitrogen and oxygen atoms in total. The van der Waals surface area contributed by atoms with Crippen molar-refractivity contribution in [3.8, 4) is 0 Å². The van der Waals surface area contributed by atoms with Crippen LogP contribution in [0.2, 0.25) is 0 Å². The van der Waals surface area contributed by atoms with Gasteiger partial charge in [0.05, 0.1) is 4.90 Å². The minimum absolute atomic E-state index is 0.0141. The average molecular weight is 264 g/mol.